The molecule has 3 rings (SSSR count). The number of rotatable bonds is 0. The molecule has 0 radical (unpaired) electrons. The zero-order valence-corrected chi connectivity index (χ0v) is 13.9. The Hall–Kier alpha value is -0.0200. The smallest absolute Gasteiger partial charge is 0.0525 e. The molecule has 0 bridgehead atoms. The summed E-state index contributed by atoms with van der Waals surface area (Å²) in [6.45, 7) is 2.37. The van der Waals surface area contributed by atoms with Gasteiger partial charge in [-0.3, -0.25) is 0 Å². The van der Waals surface area contributed by atoms with Crippen LogP contribution in [0.15, 0.2) is 21.1 Å². The maximum absolute atomic E-state index is 3.87. The highest BCUT2D eigenvalue weighted by Crippen LogP contribution is 2.48. The van der Waals surface area contributed by atoms with Crippen LogP contribution in [-0.2, 0) is 0 Å². The second-order valence-electron chi connectivity index (χ2n) is 5.92. The third kappa shape index (κ3) is 2.24. The number of nitrogens with one attached hydrogen (secondary N) is 1. The van der Waals surface area contributed by atoms with E-state index in [0.29, 0.717) is 11.5 Å². The monoisotopic (exact) mass is 371 g/mol. The quantitative estimate of drug-likeness (QED) is 0.603. The molecule has 1 aromatic carbocycles. The lowest BCUT2D eigenvalue weighted by Gasteiger charge is -2.45. The lowest BCUT2D eigenvalue weighted by molar-refractivity contribution is 0.281. The molecule has 1 N–H and O–H groups in total. The van der Waals surface area contributed by atoms with Gasteiger partial charge in [0, 0.05) is 14.5 Å². The molecule has 2 aliphatic rings. The minimum Gasteiger partial charge on any atom is -0.378 e. The van der Waals surface area contributed by atoms with E-state index in [-0.39, 0.29) is 0 Å². The predicted octanol–water partition coefficient (Wildman–Crippen LogP) is 5.83. The van der Waals surface area contributed by atoms with Crippen LogP contribution in [-0.4, -0.2) is 5.54 Å². The molecule has 1 heterocycles. The number of anilines is 1. The summed E-state index contributed by atoms with van der Waals surface area (Å²) in [5.74, 6) is 0.646. The number of hydrogen-bond donors (Lipinski definition) is 1. The van der Waals surface area contributed by atoms with Gasteiger partial charge < -0.3 is 5.32 Å². The van der Waals surface area contributed by atoms with Crippen LogP contribution in [0.2, 0.25) is 0 Å². The Kier molecular flexibility index (Phi) is 3.48. The zero-order chi connectivity index (χ0) is 12.8. The summed E-state index contributed by atoms with van der Waals surface area (Å²) in [5.41, 5.74) is 3.15. The van der Waals surface area contributed by atoms with Crippen LogP contribution in [0.3, 0.4) is 0 Å². The van der Waals surface area contributed by atoms with Gasteiger partial charge in [0.2, 0.25) is 0 Å². The number of hydrogen-bond acceptors (Lipinski definition) is 1. The summed E-state index contributed by atoms with van der Waals surface area (Å²) in [6, 6.07) is 4.42. The molecule has 0 amide bonds. The third-order valence-corrected chi connectivity index (χ3v) is 5.60. The summed E-state index contributed by atoms with van der Waals surface area (Å²) < 4.78 is 2.37. The highest BCUT2D eigenvalue weighted by molar-refractivity contribution is 9.11. The third-order valence-electron chi connectivity index (χ3n) is 4.51. The fraction of sp³-hybridized carbons (Fsp3) is 0.600. The topological polar surface area (TPSA) is 12.0 Å². The second kappa shape index (κ2) is 4.82. The van der Waals surface area contributed by atoms with Crippen LogP contribution in [0.4, 0.5) is 5.69 Å². The van der Waals surface area contributed by atoms with Gasteiger partial charge in [-0.25, -0.2) is 0 Å². The van der Waals surface area contributed by atoms with Gasteiger partial charge in [0.15, 0.2) is 0 Å². The first-order valence-corrected chi connectivity index (χ1v) is 8.45. The van der Waals surface area contributed by atoms with Gasteiger partial charge in [0.25, 0.3) is 0 Å². The van der Waals surface area contributed by atoms with Crippen molar-refractivity contribution in [2.75, 3.05) is 5.32 Å². The molecule has 1 nitrogen and oxygen atoms in total. The fourth-order valence-electron chi connectivity index (χ4n) is 3.68. The molecule has 0 aromatic heterocycles. The van der Waals surface area contributed by atoms with Gasteiger partial charge in [-0.1, -0.05) is 42.1 Å². The molecule has 0 saturated heterocycles. The molecule has 1 aromatic rings. The van der Waals surface area contributed by atoms with Crippen molar-refractivity contribution in [3.05, 3.63) is 26.6 Å². The van der Waals surface area contributed by atoms with Crippen LogP contribution >= 0.6 is 31.9 Å². The highest BCUT2D eigenvalue weighted by Gasteiger charge is 2.38. The van der Waals surface area contributed by atoms with Crippen LogP contribution < -0.4 is 5.32 Å². The molecule has 1 unspecified atom stereocenters. The molecular formula is C15H19Br2N. The Bertz CT molecular complexity index is 464. The first kappa shape index (κ1) is 13.0. The van der Waals surface area contributed by atoms with Crippen molar-refractivity contribution in [1.29, 1.82) is 0 Å². The maximum Gasteiger partial charge on any atom is 0.0525 e. The molecular weight excluding hydrogens is 354 g/mol. The van der Waals surface area contributed by atoms with Gasteiger partial charge in [0.05, 0.1) is 5.69 Å². The van der Waals surface area contributed by atoms with Gasteiger partial charge in [-0.15, -0.1) is 0 Å². The summed E-state index contributed by atoms with van der Waals surface area (Å²) in [7, 11) is 0. The Morgan fingerprint density at radius 3 is 2.61 bits per heavy atom. The van der Waals surface area contributed by atoms with Gasteiger partial charge in [0.1, 0.15) is 0 Å². The fourth-order valence-corrected chi connectivity index (χ4v) is 5.04. The lowest BCUT2D eigenvalue weighted by atomic mass is 9.72. The molecule has 1 fully saturated rings. The van der Waals surface area contributed by atoms with Crippen molar-refractivity contribution in [2.45, 2.75) is 56.9 Å². The molecule has 1 aliphatic heterocycles. The Morgan fingerprint density at radius 2 is 1.89 bits per heavy atom. The molecule has 98 valence electrons. The number of halogens is 2. The first-order valence-electron chi connectivity index (χ1n) is 6.87. The van der Waals surface area contributed by atoms with Crippen molar-refractivity contribution < 1.29 is 0 Å². The van der Waals surface area contributed by atoms with Crippen molar-refractivity contribution in [1.82, 2.24) is 0 Å². The lowest BCUT2D eigenvalue weighted by Crippen LogP contribution is -2.44. The SMILES string of the molecule is CC1CC2(CCCCC2)Nc2c(Br)cc(Br)cc21. The van der Waals surface area contributed by atoms with Crippen molar-refractivity contribution in [3.63, 3.8) is 0 Å². The summed E-state index contributed by atoms with van der Waals surface area (Å²) in [6.07, 6.45) is 8.11. The maximum atomic E-state index is 3.87. The van der Waals surface area contributed by atoms with Crippen molar-refractivity contribution >= 4 is 37.5 Å². The van der Waals surface area contributed by atoms with E-state index in [1.807, 2.05) is 0 Å². The van der Waals surface area contributed by atoms with Gasteiger partial charge in [-0.05, 0) is 58.8 Å². The normalized spacial score (nSPS) is 25.6. The van der Waals surface area contributed by atoms with E-state index in [4.69, 9.17) is 0 Å². The molecule has 1 spiro atoms. The van der Waals surface area contributed by atoms with Gasteiger partial charge in [-0.2, -0.15) is 0 Å². The second-order valence-corrected chi connectivity index (χ2v) is 7.69. The summed E-state index contributed by atoms with van der Waals surface area (Å²) in [5, 5.41) is 3.87. The predicted molar refractivity (Wildman–Crippen MR) is 84.3 cm³/mol. The van der Waals surface area contributed by atoms with E-state index in [1.165, 1.54) is 58.7 Å². The average Bonchev–Trinajstić information content (AvgIpc) is 2.32. The standard InChI is InChI=1S/C15H19Br2N/c1-10-9-15(5-3-2-4-6-15)18-14-12(10)7-11(16)8-13(14)17/h7-8,10,18H,2-6,9H2,1H3. The van der Waals surface area contributed by atoms with E-state index in [2.05, 4.69) is 56.2 Å². The highest BCUT2D eigenvalue weighted by atomic mass is 79.9. The number of benzene rings is 1. The molecule has 1 aliphatic carbocycles. The van der Waals surface area contributed by atoms with Crippen molar-refractivity contribution in [2.24, 2.45) is 0 Å². The molecule has 3 heteroatoms. The van der Waals surface area contributed by atoms with E-state index in [9.17, 15) is 0 Å². The Morgan fingerprint density at radius 1 is 1.17 bits per heavy atom. The largest absolute Gasteiger partial charge is 0.378 e. The minimum absolute atomic E-state index is 0.362. The first-order chi connectivity index (χ1) is 8.60. The average molecular weight is 373 g/mol. The molecule has 18 heavy (non-hydrogen) atoms. The van der Waals surface area contributed by atoms with Crippen molar-refractivity contribution in [3.8, 4) is 0 Å². The molecule has 1 saturated carbocycles. The van der Waals surface area contributed by atoms with E-state index in [1.54, 1.807) is 0 Å². The zero-order valence-electron chi connectivity index (χ0n) is 10.7. The van der Waals surface area contributed by atoms with Crippen LogP contribution in [0.5, 0.6) is 0 Å². The minimum atomic E-state index is 0.362. The molecule has 1 atom stereocenters. The Balaban J connectivity index is 2.01. The summed E-state index contributed by atoms with van der Waals surface area (Å²) >= 11 is 7.32. The van der Waals surface area contributed by atoms with Crippen LogP contribution in [0.25, 0.3) is 0 Å². The van der Waals surface area contributed by atoms with E-state index >= 15 is 0 Å². The summed E-state index contributed by atoms with van der Waals surface area (Å²) in [4.78, 5) is 0. The van der Waals surface area contributed by atoms with E-state index < -0.39 is 0 Å². The Labute approximate surface area is 126 Å². The van der Waals surface area contributed by atoms with Crippen LogP contribution in [0.1, 0.15) is 56.9 Å². The van der Waals surface area contributed by atoms with Gasteiger partial charge >= 0.3 is 0 Å². The van der Waals surface area contributed by atoms with Crippen LogP contribution in [0, 0.1) is 0 Å². The van der Waals surface area contributed by atoms with E-state index in [0.717, 1.165) is 0 Å². The number of fused-ring (bicyclic) bond motifs is 1.